The molecule has 3 nitrogen and oxygen atoms in total. The summed E-state index contributed by atoms with van der Waals surface area (Å²) in [6.07, 6.45) is 1.64. The van der Waals surface area contributed by atoms with Gasteiger partial charge in [0.15, 0.2) is 10.4 Å². The molecule has 0 amide bonds. The summed E-state index contributed by atoms with van der Waals surface area (Å²) in [7, 11) is 0. The first-order valence-corrected chi connectivity index (χ1v) is 7.95. The summed E-state index contributed by atoms with van der Waals surface area (Å²) in [4.78, 5) is 7.81. The predicted octanol–water partition coefficient (Wildman–Crippen LogP) is 5.16. The molecule has 0 saturated carbocycles. The minimum atomic E-state index is -2.49. The lowest BCUT2D eigenvalue weighted by Crippen LogP contribution is -1.98. The molecular formula is C13H8BrF2N3S2. The van der Waals surface area contributed by atoms with E-state index in [1.807, 2.05) is 6.07 Å². The van der Waals surface area contributed by atoms with Gasteiger partial charge in [-0.2, -0.15) is 8.78 Å². The highest BCUT2D eigenvalue weighted by Gasteiger charge is 2.14. The van der Waals surface area contributed by atoms with Gasteiger partial charge in [-0.25, -0.2) is 4.98 Å². The highest BCUT2D eigenvalue weighted by molar-refractivity contribution is 9.10. The van der Waals surface area contributed by atoms with E-state index in [0.717, 1.165) is 9.99 Å². The average Bonchev–Trinajstić information content (AvgIpc) is 2.74. The number of H-pyrrole nitrogens is 1. The third-order valence-corrected chi connectivity index (χ3v) is 4.31. The first kappa shape index (κ1) is 14.7. The number of fused-ring (bicyclic) bond motifs is 1. The van der Waals surface area contributed by atoms with Crippen molar-refractivity contribution in [3.63, 3.8) is 0 Å². The van der Waals surface area contributed by atoms with Crippen molar-refractivity contribution in [1.29, 1.82) is 0 Å². The van der Waals surface area contributed by atoms with Gasteiger partial charge in [-0.3, -0.25) is 4.57 Å². The largest absolute Gasteiger partial charge is 0.329 e. The van der Waals surface area contributed by atoms with E-state index in [-0.39, 0.29) is 0 Å². The Morgan fingerprint density at radius 3 is 2.86 bits per heavy atom. The van der Waals surface area contributed by atoms with Crippen molar-refractivity contribution in [2.24, 2.45) is 0 Å². The molecule has 0 aliphatic heterocycles. The Balaban J connectivity index is 2.26. The van der Waals surface area contributed by atoms with E-state index in [1.54, 1.807) is 35.0 Å². The Labute approximate surface area is 136 Å². The first-order chi connectivity index (χ1) is 10.1. The molecule has 2 heterocycles. The van der Waals surface area contributed by atoms with Crippen LogP contribution in [0.5, 0.6) is 0 Å². The summed E-state index contributed by atoms with van der Waals surface area (Å²) in [5.41, 5.74) is 1.94. The van der Waals surface area contributed by atoms with Gasteiger partial charge >= 0.3 is 0 Å². The quantitative estimate of drug-likeness (QED) is 0.497. The molecule has 0 bridgehead atoms. The van der Waals surface area contributed by atoms with Gasteiger partial charge in [0.05, 0.1) is 11.2 Å². The second-order valence-corrected chi connectivity index (χ2v) is 6.47. The summed E-state index contributed by atoms with van der Waals surface area (Å²) >= 11 is 9.14. The fraction of sp³-hybridized carbons (Fsp3) is 0.0769. The Kier molecular flexibility index (Phi) is 4.10. The minimum absolute atomic E-state index is 0.415. The number of thioether (sulfide) groups is 1. The van der Waals surface area contributed by atoms with Crippen LogP contribution in [-0.4, -0.2) is 20.3 Å². The van der Waals surface area contributed by atoms with Crippen molar-refractivity contribution in [2.75, 3.05) is 0 Å². The molecule has 1 N–H and O–H groups in total. The molecule has 0 spiro atoms. The number of nitrogens with one attached hydrogen (secondary N) is 1. The van der Waals surface area contributed by atoms with Crippen LogP contribution < -0.4 is 0 Å². The van der Waals surface area contributed by atoms with Crippen molar-refractivity contribution in [3.8, 4) is 5.69 Å². The van der Waals surface area contributed by atoms with Crippen LogP contribution in [0.1, 0.15) is 0 Å². The smallest absolute Gasteiger partial charge is 0.288 e. The van der Waals surface area contributed by atoms with Gasteiger partial charge in [-0.1, -0.05) is 23.9 Å². The number of aromatic amines is 1. The average molecular weight is 388 g/mol. The molecule has 0 aliphatic carbocycles. The Morgan fingerprint density at radius 1 is 1.33 bits per heavy atom. The number of pyridine rings is 1. The molecule has 8 heteroatoms. The standard InChI is InChI=1S/C13H8BrF2N3S2/c14-7-5-8-11(17-6-7)19(13(20)18-8)9-3-1-2-4-10(9)21-12(15)16/h1-6,12H,(H,18,20). The van der Waals surface area contributed by atoms with E-state index in [0.29, 0.717) is 32.8 Å². The van der Waals surface area contributed by atoms with Crippen LogP contribution >= 0.6 is 39.9 Å². The zero-order valence-electron chi connectivity index (χ0n) is 10.4. The summed E-state index contributed by atoms with van der Waals surface area (Å²) in [5.74, 6) is -2.49. The first-order valence-electron chi connectivity index (χ1n) is 5.87. The summed E-state index contributed by atoms with van der Waals surface area (Å²) < 4.78 is 28.3. The Hall–Kier alpha value is -1.25. The van der Waals surface area contributed by atoms with Crippen LogP contribution in [0.4, 0.5) is 8.78 Å². The van der Waals surface area contributed by atoms with Gasteiger partial charge in [-0.05, 0) is 46.3 Å². The molecular weight excluding hydrogens is 380 g/mol. The number of alkyl halides is 2. The monoisotopic (exact) mass is 387 g/mol. The molecule has 2 aromatic heterocycles. The van der Waals surface area contributed by atoms with E-state index in [2.05, 4.69) is 25.9 Å². The maximum Gasteiger partial charge on any atom is 0.288 e. The van der Waals surface area contributed by atoms with Gasteiger partial charge in [0.25, 0.3) is 5.76 Å². The lowest BCUT2D eigenvalue weighted by atomic mass is 10.3. The summed E-state index contributed by atoms with van der Waals surface area (Å²) in [6.45, 7) is 0. The Morgan fingerprint density at radius 2 is 2.10 bits per heavy atom. The Bertz CT molecular complexity index is 860. The van der Waals surface area contributed by atoms with Gasteiger partial charge < -0.3 is 4.98 Å². The third kappa shape index (κ3) is 2.88. The number of benzene rings is 1. The minimum Gasteiger partial charge on any atom is -0.329 e. The van der Waals surface area contributed by atoms with Crippen molar-refractivity contribution < 1.29 is 8.78 Å². The molecule has 21 heavy (non-hydrogen) atoms. The highest BCUT2D eigenvalue weighted by Crippen LogP contribution is 2.32. The SMILES string of the molecule is FC(F)Sc1ccccc1-n1c(=S)[nH]c2cc(Br)cnc21. The number of aromatic nitrogens is 3. The number of para-hydroxylation sites is 1. The van der Waals surface area contributed by atoms with Crippen LogP contribution in [0.15, 0.2) is 45.9 Å². The van der Waals surface area contributed by atoms with Crippen molar-refractivity contribution in [2.45, 2.75) is 10.7 Å². The molecule has 108 valence electrons. The van der Waals surface area contributed by atoms with E-state index in [4.69, 9.17) is 12.2 Å². The van der Waals surface area contributed by atoms with Gasteiger partial charge in [0.2, 0.25) is 0 Å². The van der Waals surface area contributed by atoms with Crippen molar-refractivity contribution >= 4 is 51.1 Å². The van der Waals surface area contributed by atoms with E-state index < -0.39 is 5.76 Å². The molecule has 0 fully saturated rings. The van der Waals surface area contributed by atoms with Crippen LogP contribution in [-0.2, 0) is 0 Å². The van der Waals surface area contributed by atoms with Crippen LogP contribution in [0.25, 0.3) is 16.9 Å². The molecule has 1 aromatic carbocycles. The van der Waals surface area contributed by atoms with Crippen LogP contribution in [0, 0.1) is 4.77 Å². The zero-order chi connectivity index (χ0) is 15.0. The fourth-order valence-electron chi connectivity index (χ4n) is 2.03. The van der Waals surface area contributed by atoms with E-state index in [9.17, 15) is 8.78 Å². The predicted molar refractivity (Wildman–Crippen MR) is 85.8 cm³/mol. The second-order valence-electron chi connectivity index (χ2n) is 4.14. The van der Waals surface area contributed by atoms with Gasteiger partial charge in [0.1, 0.15) is 0 Å². The number of nitrogens with zero attached hydrogens (tertiary/aromatic N) is 2. The molecule has 0 radical (unpaired) electrons. The normalized spacial score (nSPS) is 11.4. The van der Waals surface area contributed by atoms with Crippen molar-refractivity contribution in [3.05, 3.63) is 45.8 Å². The molecule has 0 saturated heterocycles. The second kappa shape index (κ2) is 5.86. The summed E-state index contributed by atoms with van der Waals surface area (Å²) in [6, 6.07) is 8.74. The molecule has 0 atom stereocenters. The van der Waals surface area contributed by atoms with Gasteiger partial charge in [0, 0.05) is 15.6 Å². The number of hydrogen-bond donors (Lipinski definition) is 1. The highest BCUT2D eigenvalue weighted by atomic mass is 79.9. The van der Waals surface area contributed by atoms with Crippen LogP contribution in [0.2, 0.25) is 0 Å². The molecule has 3 rings (SSSR count). The number of imidazole rings is 1. The fourth-order valence-corrected chi connectivity index (χ4v) is 3.29. The van der Waals surface area contributed by atoms with E-state index >= 15 is 0 Å². The van der Waals surface area contributed by atoms with Gasteiger partial charge in [-0.15, -0.1) is 0 Å². The topological polar surface area (TPSA) is 33.6 Å². The van der Waals surface area contributed by atoms with E-state index in [1.165, 1.54) is 0 Å². The maximum absolute atomic E-state index is 12.7. The molecule has 0 unspecified atom stereocenters. The molecule has 0 aliphatic rings. The maximum atomic E-state index is 12.7. The summed E-state index contributed by atoms with van der Waals surface area (Å²) in [5, 5.41) is 0. The number of halogens is 3. The zero-order valence-corrected chi connectivity index (χ0v) is 13.6. The van der Waals surface area contributed by atoms with Crippen molar-refractivity contribution in [1.82, 2.24) is 14.5 Å². The number of hydrogen-bond acceptors (Lipinski definition) is 3. The molecule has 3 aromatic rings. The lowest BCUT2D eigenvalue weighted by Gasteiger charge is -2.10. The number of rotatable bonds is 3. The van der Waals surface area contributed by atoms with Crippen LogP contribution in [0.3, 0.4) is 0 Å². The third-order valence-electron chi connectivity index (χ3n) is 2.81. The lowest BCUT2D eigenvalue weighted by molar-refractivity contribution is 0.252.